The molecule has 0 aliphatic rings. The second-order valence-electron chi connectivity index (χ2n) is 1.88. The first kappa shape index (κ1) is 11.0. The summed E-state index contributed by atoms with van der Waals surface area (Å²) in [6.45, 7) is 3.27. The predicted octanol–water partition coefficient (Wildman–Crippen LogP) is 0.831. The Morgan fingerprint density at radius 3 is 1.82 bits per heavy atom. The molecular formula is C6H11NO2S2. The topological polar surface area (TPSA) is 60.2 Å². The molecule has 0 aliphatic carbocycles. The number of carbonyl (C=O) groups is 2. The highest BCUT2D eigenvalue weighted by Gasteiger charge is 2.12. The predicted molar refractivity (Wildman–Crippen MR) is 49.4 cm³/mol. The molecule has 64 valence electrons. The van der Waals surface area contributed by atoms with Gasteiger partial charge >= 0.3 is 0 Å². The highest BCUT2D eigenvalue weighted by Crippen LogP contribution is 2.23. The van der Waals surface area contributed by atoms with E-state index in [0.29, 0.717) is 6.54 Å². The van der Waals surface area contributed by atoms with Gasteiger partial charge in [-0.3, -0.25) is 9.59 Å². The molecular weight excluding hydrogens is 182 g/mol. The van der Waals surface area contributed by atoms with Crippen LogP contribution in [0.4, 0.5) is 0 Å². The fraction of sp³-hybridized carbons (Fsp3) is 0.667. The zero-order chi connectivity index (χ0) is 8.85. The van der Waals surface area contributed by atoms with E-state index in [9.17, 15) is 9.59 Å². The van der Waals surface area contributed by atoms with Gasteiger partial charge in [0, 0.05) is 20.4 Å². The quantitative estimate of drug-likeness (QED) is 0.673. The van der Waals surface area contributed by atoms with Crippen LogP contribution in [0.1, 0.15) is 13.8 Å². The van der Waals surface area contributed by atoms with E-state index in [-0.39, 0.29) is 14.8 Å². The van der Waals surface area contributed by atoms with E-state index in [1.165, 1.54) is 13.8 Å². The number of rotatable bonds is 3. The Morgan fingerprint density at radius 1 is 1.27 bits per heavy atom. The van der Waals surface area contributed by atoms with Crippen LogP contribution in [0.5, 0.6) is 0 Å². The van der Waals surface area contributed by atoms with Gasteiger partial charge in [0.15, 0.2) is 10.2 Å². The van der Waals surface area contributed by atoms with Crippen molar-refractivity contribution in [3.63, 3.8) is 0 Å². The van der Waals surface area contributed by atoms with Crippen LogP contribution in [-0.2, 0) is 9.59 Å². The first-order valence-corrected chi connectivity index (χ1v) is 4.86. The van der Waals surface area contributed by atoms with Crippen LogP contribution >= 0.6 is 23.5 Å². The fourth-order valence-electron chi connectivity index (χ4n) is 0.490. The van der Waals surface area contributed by atoms with E-state index in [1.54, 1.807) is 0 Å². The molecule has 0 spiro atoms. The molecule has 0 fully saturated rings. The van der Waals surface area contributed by atoms with Crippen LogP contribution in [0.3, 0.4) is 0 Å². The Morgan fingerprint density at radius 2 is 1.64 bits per heavy atom. The van der Waals surface area contributed by atoms with Gasteiger partial charge in [0.05, 0.1) is 4.58 Å². The number of thioether (sulfide) groups is 2. The molecule has 0 saturated carbocycles. The minimum absolute atomic E-state index is 0.00537. The summed E-state index contributed by atoms with van der Waals surface area (Å²) in [4.78, 5) is 21.2. The minimum Gasteiger partial charge on any atom is -0.329 e. The molecule has 0 radical (unpaired) electrons. The summed E-state index contributed by atoms with van der Waals surface area (Å²) < 4.78 is -0.120. The molecule has 2 N–H and O–H groups in total. The van der Waals surface area contributed by atoms with Crippen molar-refractivity contribution in [3.05, 3.63) is 0 Å². The number of hydrogen-bond acceptors (Lipinski definition) is 5. The van der Waals surface area contributed by atoms with Gasteiger partial charge in [-0.1, -0.05) is 23.5 Å². The smallest absolute Gasteiger partial charge is 0.187 e. The molecule has 0 saturated heterocycles. The Balaban J connectivity index is 3.76. The lowest BCUT2D eigenvalue weighted by Gasteiger charge is -2.07. The third-order valence-corrected chi connectivity index (χ3v) is 2.94. The molecule has 0 aromatic heterocycles. The molecule has 0 aliphatic heterocycles. The van der Waals surface area contributed by atoms with Crippen molar-refractivity contribution in [3.8, 4) is 0 Å². The first-order valence-electron chi connectivity index (χ1n) is 3.10. The van der Waals surface area contributed by atoms with Crippen molar-refractivity contribution in [1.29, 1.82) is 0 Å². The average Bonchev–Trinajstić information content (AvgIpc) is 1.84. The van der Waals surface area contributed by atoms with Crippen molar-refractivity contribution in [2.24, 2.45) is 5.73 Å². The lowest BCUT2D eigenvalue weighted by Crippen LogP contribution is -2.15. The Labute approximate surface area is 74.5 Å². The number of carbonyl (C=O) groups excluding carboxylic acids is 2. The van der Waals surface area contributed by atoms with Gasteiger partial charge in [-0.2, -0.15) is 0 Å². The summed E-state index contributed by atoms with van der Waals surface area (Å²) in [7, 11) is 0. The van der Waals surface area contributed by atoms with Crippen LogP contribution in [0.15, 0.2) is 0 Å². The molecule has 11 heavy (non-hydrogen) atoms. The minimum atomic E-state index is -0.120. The molecule has 0 aromatic rings. The van der Waals surface area contributed by atoms with Crippen LogP contribution in [0.2, 0.25) is 0 Å². The Hall–Kier alpha value is -0.0000000000000000555. The Kier molecular flexibility index (Phi) is 5.62. The van der Waals surface area contributed by atoms with E-state index in [4.69, 9.17) is 5.73 Å². The van der Waals surface area contributed by atoms with Gasteiger partial charge in [0.1, 0.15) is 0 Å². The Bertz CT molecular complexity index is 145. The molecule has 0 amide bonds. The molecule has 0 aromatic carbocycles. The maximum Gasteiger partial charge on any atom is 0.187 e. The van der Waals surface area contributed by atoms with Gasteiger partial charge in [-0.25, -0.2) is 0 Å². The summed E-state index contributed by atoms with van der Waals surface area (Å²) >= 11 is 2.21. The third kappa shape index (κ3) is 6.40. The van der Waals surface area contributed by atoms with E-state index >= 15 is 0 Å². The summed E-state index contributed by atoms with van der Waals surface area (Å²) in [6.07, 6.45) is 0. The van der Waals surface area contributed by atoms with Crippen LogP contribution < -0.4 is 5.73 Å². The third-order valence-electron chi connectivity index (χ3n) is 0.787. The van der Waals surface area contributed by atoms with Crippen molar-refractivity contribution in [1.82, 2.24) is 0 Å². The summed E-state index contributed by atoms with van der Waals surface area (Å²) in [6, 6.07) is 0. The molecule has 0 unspecified atom stereocenters. The summed E-state index contributed by atoms with van der Waals surface area (Å²) in [5, 5.41) is -0.0107. The molecule has 0 atom stereocenters. The van der Waals surface area contributed by atoms with E-state index < -0.39 is 0 Å². The fourth-order valence-corrected chi connectivity index (χ4v) is 2.43. The molecule has 0 bridgehead atoms. The molecule has 3 nitrogen and oxygen atoms in total. The summed E-state index contributed by atoms with van der Waals surface area (Å²) in [5.74, 6) is 0. The van der Waals surface area contributed by atoms with Gasteiger partial charge in [0.2, 0.25) is 0 Å². The lowest BCUT2D eigenvalue weighted by atomic mass is 10.8. The second kappa shape index (κ2) is 5.62. The zero-order valence-electron chi connectivity index (χ0n) is 6.49. The number of nitrogens with two attached hydrogens (primary N) is 1. The summed E-state index contributed by atoms with van der Waals surface area (Å²) in [5.41, 5.74) is 5.32. The van der Waals surface area contributed by atoms with Crippen molar-refractivity contribution in [2.75, 3.05) is 6.54 Å². The average molecular weight is 193 g/mol. The largest absolute Gasteiger partial charge is 0.329 e. The van der Waals surface area contributed by atoms with Crippen LogP contribution in [0, 0.1) is 0 Å². The normalized spacial score (nSPS) is 10.2. The first-order chi connectivity index (χ1) is 5.06. The van der Waals surface area contributed by atoms with E-state index in [1.807, 2.05) is 0 Å². The van der Waals surface area contributed by atoms with Crippen LogP contribution in [-0.4, -0.2) is 21.4 Å². The zero-order valence-corrected chi connectivity index (χ0v) is 8.13. The van der Waals surface area contributed by atoms with Crippen molar-refractivity contribution in [2.45, 2.75) is 18.4 Å². The maximum atomic E-state index is 10.6. The van der Waals surface area contributed by atoms with Crippen molar-refractivity contribution >= 4 is 33.8 Å². The lowest BCUT2D eigenvalue weighted by molar-refractivity contribution is -0.109. The number of hydrogen-bond donors (Lipinski definition) is 1. The van der Waals surface area contributed by atoms with Gasteiger partial charge in [-0.05, 0) is 0 Å². The molecule has 0 heterocycles. The monoisotopic (exact) mass is 193 g/mol. The highest BCUT2D eigenvalue weighted by molar-refractivity contribution is 8.29. The molecule has 0 rings (SSSR count). The SMILES string of the molecule is CC(=O)SC(CN)SC(C)=O. The highest BCUT2D eigenvalue weighted by atomic mass is 32.2. The second-order valence-corrected chi connectivity index (χ2v) is 4.94. The van der Waals surface area contributed by atoms with E-state index in [0.717, 1.165) is 23.5 Å². The van der Waals surface area contributed by atoms with Crippen molar-refractivity contribution < 1.29 is 9.59 Å². The molecule has 5 heteroatoms. The standard InChI is InChI=1S/C6H11NO2S2/c1-4(8)10-6(3-7)11-5(2)9/h6H,3,7H2,1-2H3. The van der Waals surface area contributed by atoms with E-state index in [2.05, 4.69) is 0 Å². The van der Waals surface area contributed by atoms with Crippen LogP contribution in [0.25, 0.3) is 0 Å². The van der Waals surface area contributed by atoms with Gasteiger partial charge < -0.3 is 5.73 Å². The van der Waals surface area contributed by atoms with Gasteiger partial charge in [0.25, 0.3) is 0 Å². The van der Waals surface area contributed by atoms with Gasteiger partial charge in [-0.15, -0.1) is 0 Å². The maximum absolute atomic E-state index is 10.6.